The Bertz CT molecular complexity index is 2520. The molecule has 5 nitrogen and oxygen atoms in total. The molecule has 5 heteroatoms. The number of para-hydroxylation sites is 2. The minimum Gasteiger partial charge on any atom is -0.456 e. The summed E-state index contributed by atoms with van der Waals surface area (Å²) in [6.45, 7) is 0. The highest BCUT2D eigenvalue weighted by atomic mass is 16.3. The van der Waals surface area contributed by atoms with Crippen LogP contribution in [0.15, 0.2) is 118 Å². The zero-order valence-electron chi connectivity index (χ0n) is 26.5. The summed E-state index contributed by atoms with van der Waals surface area (Å²) in [5.74, 6) is 4.68. The van der Waals surface area contributed by atoms with Crippen LogP contribution in [0.1, 0.15) is 44.1 Å². The molecule has 0 spiro atoms. The van der Waals surface area contributed by atoms with Crippen LogP contribution < -0.4 is 0 Å². The van der Waals surface area contributed by atoms with Crippen molar-refractivity contribution < 1.29 is 8.83 Å². The van der Waals surface area contributed by atoms with Crippen molar-refractivity contribution in [3.8, 4) is 34.2 Å². The van der Waals surface area contributed by atoms with Crippen molar-refractivity contribution in [3.63, 3.8) is 0 Å². The molecule has 8 aromatic rings. The van der Waals surface area contributed by atoms with E-state index in [1.807, 2.05) is 54.6 Å². The number of benzene rings is 5. The van der Waals surface area contributed by atoms with E-state index in [0.717, 1.165) is 78.3 Å². The molecule has 4 aliphatic carbocycles. The van der Waals surface area contributed by atoms with E-state index < -0.39 is 0 Å². The minimum absolute atomic E-state index is 0.351. The predicted octanol–water partition coefficient (Wildman–Crippen LogP) is 11.1. The minimum atomic E-state index is 0.351. The molecule has 4 bridgehead atoms. The lowest BCUT2D eigenvalue weighted by Gasteiger charge is -2.57. The van der Waals surface area contributed by atoms with E-state index >= 15 is 0 Å². The molecule has 4 saturated carbocycles. The fraction of sp³-hybridized carbons (Fsp3) is 0.233. The fourth-order valence-corrected chi connectivity index (χ4v) is 10.0. The average molecular weight is 624 g/mol. The lowest BCUT2D eigenvalue weighted by Crippen LogP contribution is -2.48. The lowest BCUT2D eigenvalue weighted by atomic mass is 9.48. The van der Waals surface area contributed by atoms with Crippen molar-refractivity contribution in [2.45, 2.75) is 43.9 Å². The first-order chi connectivity index (χ1) is 23.7. The van der Waals surface area contributed by atoms with Crippen LogP contribution in [0, 0.1) is 17.8 Å². The molecule has 0 unspecified atom stereocenters. The predicted molar refractivity (Wildman–Crippen MR) is 191 cm³/mol. The van der Waals surface area contributed by atoms with E-state index in [2.05, 4.69) is 54.6 Å². The maximum atomic E-state index is 6.26. The van der Waals surface area contributed by atoms with Gasteiger partial charge in [-0.2, -0.15) is 0 Å². The summed E-state index contributed by atoms with van der Waals surface area (Å²) in [6, 6.07) is 37.9. The third-order valence-corrected chi connectivity index (χ3v) is 11.7. The van der Waals surface area contributed by atoms with Gasteiger partial charge >= 0.3 is 0 Å². The van der Waals surface area contributed by atoms with Crippen molar-refractivity contribution in [1.82, 2.24) is 15.0 Å². The van der Waals surface area contributed by atoms with Gasteiger partial charge in [0.25, 0.3) is 0 Å². The molecule has 3 aromatic heterocycles. The third kappa shape index (κ3) is 4.00. The fourth-order valence-electron chi connectivity index (χ4n) is 10.0. The monoisotopic (exact) mass is 623 g/mol. The van der Waals surface area contributed by atoms with Crippen LogP contribution in [-0.4, -0.2) is 15.0 Å². The first kappa shape index (κ1) is 26.7. The van der Waals surface area contributed by atoms with E-state index in [1.165, 1.54) is 44.1 Å². The molecule has 4 fully saturated rings. The summed E-state index contributed by atoms with van der Waals surface area (Å²) in [6.07, 6.45) is 8.41. The molecule has 48 heavy (non-hydrogen) atoms. The summed E-state index contributed by atoms with van der Waals surface area (Å²) in [4.78, 5) is 15.5. The molecule has 0 amide bonds. The van der Waals surface area contributed by atoms with Gasteiger partial charge in [0.15, 0.2) is 17.5 Å². The third-order valence-electron chi connectivity index (χ3n) is 11.7. The highest BCUT2D eigenvalue weighted by Gasteiger charge is 2.51. The Morgan fingerprint density at radius 1 is 0.479 bits per heavy atom. The molecule has 0 saturated heterocycles. The van der Waals surface area contributed by atoms with Crippen LogP contribution in [0.3, 0.4) is 0 Å². The quantitative estimate of drug-likeness (QED) is 0.195. The molecule has 4 aliphatic rings. The number of hydrogen-bond donors (Lipinski definition) is 0. The molecule has 0 atom stereocenters. The van der Waals surface area contributed by atoms with Crippen LogP contribution in [0.25, 0.3) is 78.0 Å². The Kier molecular flexibility index (Phi) is 5.50. The number of fused-ring (bicyclic) bond motifs is 6. The van der Waals surface area contributed by atoms with Gasteiger partial charge in [0.05, 0.1) is 0 Å². The summed E-state index contributed by atoms with van der Waals surface area (Å²) in [7, 11) is 0. The largest absolute Gasteiger partial charge is 0.456 e. The molecule has 0 radical (unpaired) electrons. The zero-order valence-corrected chi connectivity index (χ0v) is 26.5. The van der Waals surface area contributed by atoms with E-state index in [-0.39, 0.29) is 0 Å². The van der Waals surface area contributed by atoms with Crippen molar-refractivity contribution in [1.29, 1.82) is 0 Å². The number of rotatable bonds is 4. The Labute approximate surface area is 277 Å². The lowest BCUT2D eigenvalue weighted by molar-refractivity contribution is -0.00518. The summed E-state index contributed by atoms with van der Waals surface area (Å²) in [5.41, 5.74) is 8.12. The highest BCUT2D eigenvalue weighted by Crippen LogP contribution is 2.60. The molecular formula is C43H33N3O2. The maximum absolute atomic E-state index is 6.26. The molecule has 5 aromatic carbocycles. The first-order valence-corrected chi connectivity index (χ1v) is 17.4. The Morgan fingerprint density at radius 2 is 1.04 bits per heavy atom. The average Bonchev–Trinajstić information content (AvgIpc) is 3.69. The molecular weight excluding hydrogens is 590 g/mol. The second kappa shape index (κ2) is 9.86. The highest BCUT2D eigenvalue weighted by molar-refractivity contribution is 6.12. The van der Waals surface area contributed by atoms with Gasteiger partial charge in [-0.25, -0.2) is 15.0 Å². The van der Waals surface area contributed by atoms with Gasteiger partial charge in [-0.1, -0.05) is 72.8 Å². The molecule has 3 heterocycles. The summed E-state index contributed by atoms with van der Waals surface area (Å²) >= 11 is 0. The smallest absolute Gasteiger partial charge is 0.164 e. The van der Waals surface area contributed by atoms with Crippen LogP contribution in [-0.2, 0) is 5.41 Å². The van der Waals surface area contributed by atoms with Crippen LogP contribution in [0.4, 0.5) is 0 Å². The standard InChI is InChI=1S/C43H33N3O2/c1-3-9-35-31(6-1)34-21-29(14-17-37(34)47-35)41-44-40(28-12-15-30(16-13-28)43-22-25-18-26(23-43)20-27(19-25)24-43)45-42(46-41)33-8-5-11-38-39(33)32-7-2-4-10-36(32)48-38/h1-17,21,25-27H,18-20,22-24H2. The Hall–Kier alpha value is -5.29. The SMILES string of the molecule is c1ccc2c(c1)oc1ccc(-c3nc(-c4ccc(C56CC7CC(CC(C7)C5)C6)cc4)nc(-c4cccc5oc6ccccc6c45)n3)cc12. The normalized spacial score (nSPS) is 23.2. The Morgan fingerprint density at radius 3 is 1.79 bits per heavy atom. The van der Waals surface area contributed by atoms with Crippen molar-refractivity contribution in [3.05, 3.63) is 115 Å². The molecule has 0 aliphatic heterocycles. The molecule has 0 N–H and O–H groups in total. The van der Waals surface area contributed by atoms with Crippen molar-refractivity contribution in [2.75, 3.05) is 0 Å². The van der Waals surface area contributed by atoms with Crippen molar-refractivity contribution >= 4 is 43.9 Å². The number of aromatic nitrogens is 3. The van der Waals surface area contributed by atoms with Gasteiger partial charge in [-0.15, -0.1) is 0 Å². The zero-order chi connectivity index (χ0) is 31.4. The van der Waals surface area contributed by atoms with Gasteiger partial charge in [0.1, 0.15) is 22.3 Å². The van der Waals surface area contributed by atoms with Gasteiger partial charge in [0, 0.05) is 38.2 Å². The van der Waals surface area contributed by atoms with E-state index in [1.54, 1.807) is 0 Å². The van der Waals surface area contributed by atoms with E-state index in [4.69, 9.17) is 23.8 Å². The van der Waals surface area contributed by atoms with Crippen molar-refractivity contribution in [2.24, 2.45) is 17.8 Å². The van der Waals surface area contributed by atoms with Gasteiger partial charge in [-0.3, -0.25) is 0 Å². The second-order valence-corrected chi connectivity index (χ2v) is 14.7. The maximum Gasteiger partial charge on any atom is 0.164 e. The number of nitrogens with zero attached hydrogens (tertiary/aromatic N) is 3. The Balaban J connectivity index is 1.08. The number of hydrogen-bond acceptors (Lipinski definition) is 5. The molecule has 232 valence electrons. The summed E-state index contributed by atoms with van der Waals surface area (Å²) < 4.78 is 12.4. The second-order valence-electron chi connectivity index (χ2n) is 14.7. The van der Waals surface area contributed by atoms with Crippen LogP contribution >= 0.6 is 0 Å². The van der Waals surface area contributed by atoms with E-state index in [0.29, 0.717) is 22.9 Å². The number of furan rings is 2. The first-order valence-electron chi connectivity index (χ1n) is 17.4. The summed E-state index contributed by atoms with van der Waals surface area (Å²) in [5, 5.41) is 4.20. The van der Waals surface area contributed by atoms with Gasteiger partial charge in [0.2, 0.25) is 0 Å². The van der Waals surface area contributed by atoms with Crippen LogP contribution in [0.2, 0.25) is 0 Å². The molecule has 12 rings (SSSR count). The van der Waals surface area contributed by atoms with Crippen LogP contribution in [0.5, 0.6) is 0 Å². The van der Waals surface area contributed by atoms with Gasteiger partial charge < -0.3 is 8.83 Å². The topological polar surface area (TPSA) is 65.0 Å². The van der Waals surface area contributed by atoms with E-state index in [9.17, 15) is 0 Å². The van der Waals surface area contributed by atoms with Gasteiger partial charge in [-0.05, 0) is 104 Å².